The van der Waals surface area contributed by atoms with Gasteiger partial charge in [0.05, 0.1) is 0 Å². The third-order valence-electron chi connectivity index (χ3n) is 2.50. The topological polar surface area (TPSA) is 20.2 Å². The van der Waals surface area contributed by atoms with Gasteiger partial charge in [0.1, 0.15) is 5.67 Å². The van der Waals surface area contributed by atoms with Crippen molar-refractivity contribution in [2.24, 2.45) is 5.92 Å². The molecule has 0 amide bonds. The van der Waals surface area contributed by atoms with Crippen LogP contribution in [0.1, 0.15) is 12.0 Å². The Morgan fingerprint density at radius 2 is 2.08 bits per heavy atom. The number of aliphatic hydroxyl groups is 1. The SMILES string of the molecule is OC[C@H]1C[C@]1(F)c1ccccc1. The maximum atomic E-state index is 13.7. The van der Waals surface area contributed by atoms with Gasteiger partial charge in [-0.05, 0) is 12.0 Å². The van der Waals surface area contributed by atoms with Gasteiger partial charge in [0.25, 0.3) is 0 Å². The molecule has 1 aromatic carbocycles. The van der Waals surface area contributed by atoms with Gasteiger partial charge >= 0.3 is 0 Å². The lowest BCUT2D eigenvalue weighted by atomic mass is 10.1. The highest BCUT2D eigenvalue weighted by Gasteiger charge is 2.56. The van der Waals surface area contributed by atoms with E-state index in [4.69, 9.17) is 5.11 Å². The molecule has 0 aliphatic heterocycles. The molecule has 0 radical (unpaired) electrons. The molecule has 2 heteroatoms. The predicted molar refractivity (Wildman–Crippen MR) is 44.4 cm³/mol. The van der Waals surface area contributed by atoms with E-state index in [-0.39, 0.29) is 12.5 Å². The van der Waals surface area contributed by atoms with Crippen LogP contribution in [-0.2, 0) is 5.67 Å². The highest BCUT2D eigenvalue weighted by Crippen LogP contribution is 2.55. The average Bonchev–Trinajstić information content (AvgIpc) is 2.81. The second-order valence-electron chi connectivity index (χ2n) is 3.31. The maximum absolute atomic E-state index is 13.7. The van der Waals surface area contributed by atoms with Crippen molar-refractivity contribution >= 4 is 0 Å². The van der Waals surface area contributed by atoms with E-state index in [1.54, 1.807) is 12.1 Å². The van der Waals surface area contributed by atoms with Gasteiger partial charge in [-0.1, -0.05) is 30.3 Å². The molecule has 1 nitrogen and oxygen atoms in total. The second kappa shape index (κ2) is 2.56. The van der Waals surface area contributed by atoms with Gasteiger partial charge in [-0.2, -0.15) is 0 Å². The first kappa shape index (κ1) is 7.74. The van der Waals surface area contributed by atoms with Gasteiger partial charge in [-0.25, -0.2) is 4.39 Å². The number of halogens is 1. The van der Waals surface area contributed by atoms with Crippen LogP contribution in [-0.4, -0.2) is 11.7 Å². The number of aliphatic hydroxyl groups excluding tert-OH is 1. The number of hydrogen-bond acceptors (Lipinski definition) is 1. The van der Waals surface area contributed by atoms with Crippen LogP contribution in [0.25, 0.3) is 0 Å². The summed E-state index contributed by atoms with van der Waals surface area (Å²) in [7, 11) is 0. The quantitative estimate of drug-likeness (QED) is 0.711. The molecule has 2 atom stereocenters. The zero-order valence-corrected chi connectivity index (χ0v) is 6.70. The summed E-state index contributed by atoms with van der Waals surface area (Å²) in [6.07, 6.45) is 0.466. The molecule has 1 fully saturated rings. The highest BCUT2D eigenvalue weighted by atomic mass is 19.1. The van der Waals surface area contributed by atoms with Crippen LogP contribution in [0.4, 0.5) is 4.39 Å². The summed E-state index contributed by atoms with van der Waals surface area (Å²) in [5, 5.41) is 8.76. The molecule has 1 aliphatic carbocycles. The summed E-state index contributed by atoms with van der Waals surface area (Å²) >= 11 is 0. The lowest BCUT2D eigenvalue weighted by Crippen LogP contribution is -2.04. The lowest BCUT2D eigenvalue weighted by Gasteiger charge is -2.05. The van der Waals surface area contributed by atoms with E-state index in [1.807, 2.05) is 18.2 Å². The summed E-state index contributed by atoms with van der Waals surface area (Å²) in [5.74, 6) is -0.181. The van der Waals surface area contributed by atoms with Gasteiger partial charge in [-0.3, -0.25) is 0 Å². The molecule has 2 rings (SSSR count). The van der Waals surface area contributed by atoms with Crippen LogP contribution in [0.5, 0.6) is 0 Å². The zero-order valence-electron chi connectivity index (χ0n) is 6.70. The molecule has 1 saturated carbocycles. The van der Waals surface area contributed by atoms with Gasteiger partial charge in [-0.15, -0.1) is 0 Å². The molecule has 0 heterocycles. The van der Waals surface area contributed by atoms with Gasteiger partial charge in [0.2, 0.25) is 0 Å². The fraction of sp³-hybridized carbons (Fsp3) is 0.400. The molecule has 12 heavy (non-hydrogen) atoms. The summed E-state index contributed by atoms with van der Waals surface area (Å²) in [6.45, 7) is -0.0502. The summed E-state index contributed by atoms with van der Waals surface area (Å²) < 4.78 is 13.7. The lowest BCUT2D eigenvalue weighted by molar-refractivity contribution is 0.212. The van der Waals surface area contributed by atoms with E-state index < -0.39 is 5.67 Å². The summed E-state index contributed by atoms with van der Waals surface area (Å²) in [6, 6.07) is 9.06. The smallest absolute Gasteiger partial charge is 0.141 e. The molecule has 1 N–H and O–H groups in total. The largest absolute Gasteiger partial charge is 0.396 e. The molecule has 1 aromatic rings. The highest BCUT2D eigenvalue weighted by molar-refractivity contribution is 5.29. The minimum absolute atomic E-state index is 0.0502. The van der Waals surface area contributed by atoms with Crippen molar-refractivity contribution in [2.45, 2.75) is 12.1 Å². The van der Waals surface area contributed by atoms with Crippen molar-refractivity contribution in [3.63, 3.8) is 0 Å². The Labute approximate surface area is 70.8 Å². The molecule has 0 spiro atoms. The van der Waals surface area contributed by atoms with Crippen molar-refractivity contribution in [1.29, 1.82) is 0 Å². The van der Waals surface area contributed by atoms with Gasteiger partial charge < -0.3 is 5.11 Å². The van der Waals surface area contributed by atoms with Crippen molar-refractivity contribution in [3.05, 3.63) is 35.9 Å². The van der Waals surface area contributed by atoms with Crippen LogP contribution in [0.15, 0.2) is 30.3 Å². The standard InChI is InChI=1S/C10H11FO/c11-10(6-9(10)7-12)8-4-2-1-3-5-8/h1-5,9,12H,6-7H2/t9-,10+/m1/s1. The van der Waals surface area contributed by atoms with E-state index >= 15 is 0 Å². The monoisotopic (exact) mass is 166 g/mol. The van der Waals surface area contributed by atoms with Crippen molar-refractivity contribution in [3.8, 4) is 0 Å². The van der Waals surface area contributed by atoms with Crippen molar-refractivity contribution < 1.29 is 9.50 Å². The van der Waals surface area contributed by atoms with E-state index in [0.29, 0.717) is 12.0 Å². The van der Waals surface area contributed by atoms with Gasteiger partial charge in [0, 0.05) is 12.5 Å². The first-order valence-corrected chi connectivity index (χ1v) is 4.12. The molecule has 64 valence electrons. The number of rotatable bonds is 2. The van der Waals surface area contributed by atoms with E-state index in [1.165, 1.54) is 0 Å². The normalized spacial score (nSPS) is 33.3. The van der Waals surface area contributed by atoms with Crippen LogP contribution >= 0.6 is 0 Å². The molecule has 0 aromatic heterocycles. The molecule has 1 aliphatic rings. The van der Waals surface area contributed by atoms with E-state index in [2.05, 4.69) is 0 Å². The Balaban J connectivity index is 2.23. The Morgan fingerprint density at radius 1 is 1.42 bits per heavy atom. The Bertz CT molecular complexity index is 272. The van der Waals surface area contributed by atoms with Crippen LogP contribution < -0.4 is 0 Å². The minimum atomic E-state index is -1.24. The van der Waals surface area contributed by atoms with Crippen LogP contribution in [0.3, 0.4) is 0 Å². The van der Waals surface area contributed by atoms with Crippen LogP contribution in [0, 0.1) is 5.92 Å². The number of alkyl halides is 1. The fourth-order valence-electron chi connectivity index (χ4n) is 1.58. The first-order valence-electron chi connectivity index (χ1n) is 4.12. The summed E-state index contributed by atoms with van der Waals surface area (Å²) in [4.78, 5) is 0. The predicted octanol–water partition coefficient (Wildman–Crippen LogP) is 1.86. The molecule has 0 bridgehead atoms. The van der Waals surface area contributed by atoms with Crippen molar-refractivity contribution in [1.82, 2.24) is 0 Å². The first-order chi connectivity index (χ1) is 5.77. The van der Waals surface area contributed by atoms with Crippen molar-refractivity contribution in [2.75, 3.05) is 6.61 Å². The van der Waals surface area contributed by atoms with Crippen LogP contribution in [0.2, 0.25) is 0 Å². The Morgan fingerprint density at radius 3 is 2.58 bits per heavy atom. The number of benzene rings is 1. The molecule has 0 unspecified atom stereocenters. The molecule has 0 saturated heterocycles. The molecular formula is C10H11FO. The van der Waals surface area contributed by atoms with E-state index in [9.17, 15) is 4.39 Å². The average molecular weight is 166 g/mol. The Kier molecular flexibility index (Phi) is 1.65. The third kappa shape index (κ3) is 1.03. The second-order valence-corrected chi connectivity index (χ2v) is 3.31. The summed E-state index contributed by atoms with van der Waals surface area (Å²) in [5.41, 5.74) is -0.542. The number of hydrogen-bond donors (Lipinski definition) is 1. The zero-order chi connectivity index (χ0) is 8.60. The fourth-order valence-corrected chi connectivity index (χ4v) is 1.58. The third-order valence-corrected chi connectivity index (χ3v) is 2.50. The van der Waals surface area contributed by atoms with Gasteiger partial charge in [0.15, 0.2) is 0 Å². The minimum Gasteiger partial charge on any atom is -0.396 e. The van der Waals surface area contributed by atoms with E-state index in [0.717, 1.165) is 0 Å². The molecular weight excluding hydrogens is 155 g/mol. The maximum Gasteiger partial charge on any atom is 0.141 e. The Hall–Kier alpha value is -0.890.